The number of thioether (sulfide) groups is 1. The van der Waals surface area contributed by atoms with Gasteiger partial charge in [0.05, 0.1) is 11.6 Å². The van der Waals surface area contributed by atoms with Crippen molar-refractivity contribution in [3.05, 3.63) is 35.9 Å². The van der Waals surface area contributed by atoms with Crippen molar-refractivity contribution in [1.82, 2.24) is 5.17 Å². The average molecular weight is 350 g/mol. The van der Waals surface area contributed by atoms with Gasteiger partial charge < -0.3 is 4.84 Å². The number of nitrogens with zero attached hydrogens (tertiary/aromatic N) is 2. The van der Waals surface area contributed by atoms with Crippen molar-refractivity contribution < 1.29 is 19.2 Å². The number of hydroxylamine groups is 1. The van der Waals surface area contributed by atoms with Gasteiger partial charge in [0.25, 0.3) is 5.91 Å². The summed E-state index contributed by atoms with van der Waals surface area (Å²) >= 11 is 1.05. The molecule has 0 radical (unpaired) electrons. The first-order valence-electron chi connectivity index (χ1n) is 7.63. The predicted octanol–water partition coefficient (Wildman–Crippen LogP) is 3.02. The van der Waals surface area contributed by atoms with Gasteiger partial charge in [0.1, 0.15) is 0 Å². The fourth-order valence-corrected chi connectivity index (χ4v) is 2.44. The lowest BCUT2D eigenvalue weighted by Crippen LogP contribution is -2.34. The summed E-state index contributed by atoms with van der Waals surface area (Å²) < 4.78 is 0. The molecule has 24 heavy (non-hydrogen) atoms. The molecule has 6 nitrogen and oxygen atoms in total. The Morgan fingerprint density at radius 2 is 1.83 bits per heavy atom. The topological polar surface area (TPSA) is 76.0 Å². The summed E-state index contributed by atoms with van der Waals surface area (Å²) in [6.07, 6.45) is 0.561. The van der Waals surface area contributed by atoms with Crippen LogP contribution in [0.3, 0.4) is 0 Å². The number of carbonyl (C=O) groups is 3. The molecule has 0 spiro atoms. The smallest absolute Gasteiger partial charge is 0.316 e. The van der Waals surface area contributed by atoms with E-state index in [1.807, 2.05) is 37.3 Å². The maximum Gasteiger partial charge on any atom is 0.332 e. The minimum absolute atomic E-state index is 0.0734. The molecular formula is C17H22N2O4S. The van der Waals surface area contributed by atoms with Crippen molar-refractivity contribution in [2.45, 2.75) is 34.1 Å². The van der Waals surface area contributed by atoms with E-state index in [1.54, 1.807) is 6.92 Å². The Bertz CT molecular complexity index is 616. The molecule has 1 atom stereocenters. The van der Waals surface area contributed by atoms with Crippen LogP contribution in [0.4, 0.5) is 0 Å². The Kier molecular flexibility index (Phi) is 8.18. The highest BCUT2D eigenvalue weighted by Crippen LogP contribution is 2.14. The number of hydrazone groups is 1. The molecule has 7 heteroatoms. The minimum Gasteiger partial charge on any atom is -0.316 e. The van der Waals surface area contributed by atoms with Gasteiger partial charge in [-0.15, -0.1) is 5.10 Å². The molecule has 0 aliphatic carbocycles. The van der Waals surface area contributed by atoms with Gasteiger partial charge in [0, 0.05) is 19.6 Å². The van der Waals surface area contributed by atoms with Crippen LogP contribution in [-0.4, -0.2) is 33.6 Å². The Morgan fingerprint density at radius 1 is 1.21 bits per heavy atom. The quantitative estimate of drug-likeness (QED) is 0.582. The lowest BCUT2D eigenvalue weighted by Gasteiger charge is -2.20. The molecule has 1 amide bonds. The van der Waals surface area contributed by atoms with Gasteiger partial charge in [-0.3, -0.25) is 9.59 Å². The van der Waals surface area contributed by atoms with Crippen LogP contribution >= 0.6 is 11.8 Å². The van der Waals surface area contributed by atoms with Gasteiger partial charge in [-0.2, -0.15) is 0 Å². The van der Waals surface area contributed by atoms with Crippen LogP contribution in [0, 0.1) is 5.92 Å². The zero-order valence-electron chi connectivity index (χ0n) is 14.3. The van der Waals surface area contributed by atoms with E-state index < -0.39 is 17.8 Å². The second-order valence-corrected chi connectivity index (χ2v) is 6.36. The molecule has 1 aromatic carbocycles. The number of hydrogen-bond donors (Lipinski definition) is 0. The van der Waals surface area contributed by atoms with Crippen LogP contribution in [0.25, 0.3) is 0 Å². The van der Waals surface area contributed by atoms with E-state index in [0.29, 0.717) is 17.9 Å². The van der Waals surface area contributed by atoms with Gasteiger partial charge >= 0.3 is 5.97 Å². The van der Waals surface area contributed by atoms with Crippen molar-refractivity contribution in [2.24, 2.45) is 11.0 Å². The van der Waals surface area contributed by atoms with Crippen LogP contribution in [0.2, 0.25) is 0 Å². The molecule has 0 saturated carbocycles. The van der Waals surface area contributed by atoms with Crippen molar-refractivity contribution in [1.29, 1.82) is 0 Å². The van der Waals surface area contributed by atoms with Crippen LogP contribution in [-0.2, 0) is 19.2 Å². The molecule has 0 heterocycles. The highest BCUT2D eigenvalue weighted by Gasteiger charge is 2.24. The highest BCUT2D eigenvalue weighted by atomic mass is 32.2. The highest BCUT2D eigenvalue weighted by molar-refractivity contribution is 8.13. The first-order chi connectivity index (χ1) is 11.3. The van der Waals surface area contributed by atoms with E-state index in [9.17, 15) is 14.4 Å². The largest absolute Gasteiger partial charge is 0.332 e. The van der Waals surface area contributed by atoms with E-state index in [0.717, 1.165) is 22.5 Å². The molecule has 130 valence electrons. The van der Waals surface area contributed by atoms with Crippen molar-refractivity contribution in [2.75, 3.05) is 5.75 Å². The maximum absolute atomic E-state index is 12.5. The fraction of sp³-hybridized carbons (Fsp3) is 0.412. The number of rotatable bonds is 6. The minimum atomic E-state index is -0.637. The molecule has 0 N–H and O–H groups in total. The van der Waals surface area contributed by atoms with Crippen LogP contribution < -0.4 is 0 Å². The fourth-order valence-electron chi connectivity index (χ4n) is 1.81. The molecule has 0 aliphatic heterocycles. The van der Waals surface area contributed by atoms with E-state index in [4.69, 9.17) is 4.84 Å². The first kappa shape index (κ1) is 19.9. The molecule has 1 rings (SSSR count). The van der Waals surface area contributed by atoms with Gasteiger partial charge in [-0.05, 0) is 12.0 Å². The number of amides is 1. The summed E-state index contributed by atoms with van der Waals surface area (Å²) in [6, 6.07) is 9.35. The molecule has 0 saturated heterocycles. The van der Waals surface area contributed by atoms with Crippen LogP contribution in [0.5, 0.6) is 0 Å². The van der Waals surface area contributed by atoms with E-state index in [1.165, 1.54) is 13.8 Å². The van der Waals surface area contributed by atoms with Gasteiger partial charge in [-0.1, -0.05) is 61.1 Å². The van der Waals surface area contributed by atoms with E-state index in [2.05, 4.69) is 5.10 Å². The third-order valence-corrected chi connectivity index (χ3v) is 4.09. The summed E-state index contributed by atoms with van der Waals surface area (Å²) in [7, 11) is 0. The number of benzene rings is 1. The second-order valence-electron chi connectivity index (χ2n) is 5.16. The molecular weight excluding hydrogens is 328 g/mol. The molecule has 0 aromatic heterocycles. The summed E-state index contributed by atoms with van der Waals surface area (Å²) in [4.78, 5) is 39.8. The van der Waals surface area contributed by atoms with E-state index in [-0.39, 0.29) is 5.12 Å². The Labute approximate surface area is 146 Å². The zero-order chi connectivity index (χ0) is 18.1. The monoisotopic (exact) mass is 350 g/mol. The van der Waals surface area contributed by atoms with Gasteiger partial charge in [-0.25, -0.2) is 4.79 Å². The van der Waals surface area contributed by atoms with Crippen molar-refractivity contribution in [3.63, 3.8) is 0 Å². The third-order valence-electron chi connectivity index (χ3n) is 3.02. The maximum atomic E-state index is 12.5. The van der Waals surface area contributed by atoms with Gasteiger partial charge in [0.2, 0.25) is 0 Å². The normalized spacial score (nSPS) is 12.4. The molecule has 0 unspecified atom stereocenters. The summed E-state index contributed by atoms with van der Waals surface area (Å²) in [6.45, 7) is 6.21. The molecule has 0 bridgehead atoms. The predicted molar refractivity (Wildman–Crippen MR) is 94.2 cm³/mol. The summed E-state index contributed by atoms with van der Waals surface area (Å²) in [5, 5.41) is 4.88. The van der Waals surface area contributed by atoms with Crippen LogP contribution in [0.1, 0.15) is 39.7 Å². The van der Waals surface area contributed by atoms with Crippen molar-refractivity contribution in [3.8, 4) is 0 Å². The van der Waals surface area contributed by atoms with Crippen molar-refractivity contribution >= 4 is 34.5 Å². The Morgan fingerprint density at radius 3 is 2.33 bits per heavy atom. The Hall–Kier alpha value is -2.15. The van der Waals surface area contributed by atoms with E-state index >= 15 is 0 Å². The summed E-state index contributed by atoms with van der Waals surface area (Å²) in [5.74, 6) is -1.33. The third kappa shape index (κ3) is 6.54. The zero-order valence-corrected chi connectivity index (χ0v) is 15.1. The van der Waals surface area contributed by atoms with Gasteiger partial charge in [0.15, 0.2) is 5.12 Å². The Balaban J connectivity index is 3.02. The van der Waals surface area contributed by atoms with Crippen LogP contribution in [0.15, 0.2) is 35.4 Å². The molecule has 1 aromatic rings. The first-order valence-corrected chi connectivity index (χ1v) is 8.62. The molecule has 0 fully saturated rings. The lowest BCUT2D eigenvalue weighted by molar-refractivity contribution is -0.198. The second kappa shape index (κ2) is 9.87. The molecule has 0 aliphatic rings. The SMILES string of the molecule is CCC(=NN(OC(C)=O)C(=O)[C@H](C)CSC(C)=O)c1ccccc1. The lowest BCUT2D eigenvalue weighted by atomic mass is 10.1. The average Bonchev–Trinajstić information content (AvgIpc) is 2.56. The number of carbonyl (C=O) groups excluding carboxylic acids is 3. The number of hydrogen-bond acceptors (Lipinski definition) is 6. The standard InChI is InChI=1S/C17H22N2O4S/c1-5-16(15-9-7-6-8-10-15)18-19(23-13(3)20)17(22)12(2)11-24-14(4)21/h6-10,12H,5,11H2,1-4H3/t12-/m1/s1. The summed E-state index contributed by atoms with van der Waals surface area (Å²) in [5.41, 5.74) is 1.47.